The molecule has 132 valence electrons. The van der Waals surface area contributed by atoms with E-state index in [4.69, 9.17) is 10.5 Å². The van der Waals surface area contributed by atoms with E-state index < -0.39 is 0 Å². The van der Waals surface area contributed by atoms with Crippen molar-refractivity contribution in [1.82, 2.24) is 4.90 Å². The number of nitrogens with zero attached hydrogens (tertiary/aromatic N) is 1. The first-order valence-electron chi connectivity index (χ1n) is 9.00. The van der Waals surface area contributed by atoms with Gasteiger partial charge in [-0.15, -0.1) is 0 Å². The van der Waals surface area contributed by atoms with Crippen molar-refractivity contribution < 1.29 is 9.53 Å². The summed E-state index contributed by atoms with van der Waals surface area (Å²) < 4.78 is 5.65. The molecular formula is C21H26N2O2. The normalized spacial score (nSPS) is 19.8. The van der Waals surface area contributed by atoms with Gasteiger partial charge in [0.2, 0.25) is 0 Å². The van der Waals surface area contributed by atoms with Gasteiger partial charge in [-0.25, -0.2) is 0 Å². The predicted octanol–water partition coefficient (Wildman–Crippen LogP) is 3.29. The Kier molecular flexibility index (Phi) is 5.71. The number of benzene rings is 2. The Hall–Kier alpha value is -2.33. The second-order valence-electron chi connectivity index (χ2n) is 6.60. The van der Waals surface area contributed by atoms with Crippen molar-refractivity contribution in [3.05, 3.63) is 65.7 Å². The van der Waals surface area contributed by atoms with E-state index in [-0.39, 0.29) is 5.91 Å². The predicted molar refractivity (Wildman–Crippen MR) is 99.9 cm³/mol. The molecule has 1 heterocycles. The molecule has 3 rings (SSSR count). The lowest BCUT2D eigenvalue weighted by Crippen LogP contribution is -2.29. The highest BCUT2D eigenvalue weighted by atomic mass is 16.5. The molecule has 4 heteroatoms. The average molecular weight is 338 g/mol. The fourth-order valence-electron chi connectivity index (χ4n) is 3.48. The maximum Gasteiger partial charge on any atom is 0.254 e. The van der Waals surface area contributed by atoms with E-state index in [1.807, 2.05) is 47.4 Å². The minimum atomic E-state index is 0.0545. The van der Waals surface area contributed by atoms with Crippen LogP contribution < -0.4 is 10.5 Å². The number of carbonyl (C=O) groups is 1. The van der Waals surface area contributed by atoms with E-state index in [1.165, 1.54) is 5.56 Å². The number of hydrogen-bond donors (Lipinski definition) is 1. The highest BCUT2D eigenvalue weighted by Gasteiger charge is 2.35. The van der Waals surface area contributed by atoms with Gasteiger partial charge in [0.05, 0.1) is 6.61 Å². The molecule has 2 atom stereocenters. The Morgan fingerprint density at radius 3 is 2.68 bits per heavy atom. The number of hydrogen-bond acceptors (Lipinski definition) is 3. The smallest absolute Gasteiger partial charge is 0.254 e. The molecular weight excluding hydrogens is 312 g/mol. The van der Waals surface area contributed by atoms with E-state index >= 15 is 0 Å². The fourth-order valence-corrected chi connectivity index (χ4v) is 3.48. The zero-order valence-corrected chi connectivity index (χ0v) is 14.7. The molecule has 2 aromatic carbocycles. The standard InChI is InChI=1S/C21H26N2O2/c1-2-11-25-19-10-6-9-17(12-19)21(24)23-14-18(13-22)20(15-23)16-7-4-3-5-8-16/h3-10,12,18,20H,2,11,13-15,22H2,1H3/t18-,20+/m1/s1. The molecule has 1 aliphatic heterocycles. The Bertz CT molecular complexity index is 702. The third-order valence-electron chi connectivity index (χ3n) is 4.81. The van der Waals surface area contributed by atoms with Crippen molar-refractivity contribution in [2.75, 3.05) is 26.2 Å². The van der Waals surface area contributed by atoms with Crippen LogP contribution in [0.5, 0.6) is 5.75 Å². The summed E-state index contributed by atoms with van der Waals surface area (Å²) in [7, 11) is 0. The second-order valence-corrected chi connectivity index (χ2v) is 6.60. The zero-order valence-electron chi connectivity index (χ0n) is 14.7. The molecule has 4 nitrogen and oxygen atoms in total. The summed E-state index contributed by atoms with van der Waals surface area (Å²) in [5, 5.41) is 0. The molecule has 0 spiro atoms. The summed E-state index contributed by atoms with van der Waals surface area (Å²) in [4.78, 5) is 14.9. The number of likely N-dealkylation sites (tertiary alicyclic amines) is 1. The van der Waals surface area contributed by atoms with Gasteiger partial charge < -0.3 is 15.4 Å². The van der Waals surface area contributed by atoms with Crippen LogP contribution in [0.2, 0.25) is 0 Å². The summed E-state index contributed by atoms with van der Waals surface area (Å²) in [5.74, 6) is 1.40. The van der Waals surface area contributed by atoms with E-state index in [9.17, 15) is 4.79 Å². The van der Waals surface area contributed by atoms with Crippen molar-refractivity contribution in [3.63, 3.8) is 0 Å². The van der Waals surface area contributed by atoms with E-state index in [0.29, 0.717) is 43.6 Å². The molecule has 1 saturated heterocycles. The van der Waals surface area contributed by atoms with E-state index in [1.54, 1.807) is 0 Å². The lowest BCUT2D eigenvalue weighted by Gasteiger charge is -2.17. The molecule has 1 amide bonds. The van der Waals surface area contributed by atoms with Crippen LogP contribution in [0.25, 0.3) is 0 Å². The van der Waals surface area contributed by atoms with Gasteiger partial charge in [-0.3, -0.25) is 4.79 Å². The molecule has 2 aromatic rings. The lowest BCUT2D eigenvalue weighted by molar-refractivity contribution is 0.0786. The number of nitrogens with two attached hydrogens (primary N) is 1. The van der Waals surface area contributed by atoms with Crippen molar-refractivity contribution >= 4 is 5.91 Å². The molecule has 1 aliphatic rings. The molecule has 0 unspecified atom stereocenters. The van der Waals surface area contributed by atoms with Crippen molar-refractivity contribution in [3.8, 4) is 5.75 Å². The van der Waals surface area contributed by atoms with Gasteiger partial charge >= 0.3 is 0 Å². The summed E-state index contributed by atoms with van der Waals surface area (Å²) in [6.45, 7) is 4.73. The minimum Gasteiger partial charge on any atom is -0.494 e. The topological polar surface area (TPSA) is 55.6 Å². The van der Waals surface area contributed by atoms with Gasteiger partial charge in [0.25, 0.3) is 5.91 Å². The molecule has 0 aromatic heterocycles. The maximum absolute atomic E-state index is 12.9. The molecule has 0 aliphatic carbocycles. The van der Waals surface area contributed by atoms with Gasteiger partial charge in [0.15, 0.2) is 0 Å². The van der Waals surface area contributed by atoms with E-state index in [2.05, 4.69) is 19.1 Å². The zero-order chi connectivity index (χ0) is 17.6. The monoisotopic (exact) mass is 338 g/mol. The molecule has 2 N–H and O–H groups in total. The van der Waals surface area contributed by atoms with Crippen LogP contribution >= 0.6 is 0 Å². The van der Waals surface area contributed by atoms with Gasteiger partial charge in [-0.2, -0.15) is 0 Å². The summed E-state index contributed by atoms with van der Waals surface area (Å²) >= 11 is 0. The Labute approximate surface area is 149 Å². The number of rotatable bonds is 6. The van der Waals surface area contributed by atoms with Gasteiger partial charge in [-0.05, 0) is 42.6 Å². The van der Waals surface area contributed by atoms with Crippen LogP contribution in [0, 0.1) is 5.92 Å². The fraction of sp³-hybridized carbons (Fsp3) is 0.381. The van der Waals surface area contributed by atoms with Crippen LogP contribution in [0.15, 0.2) is 54.6 Å². The van der Waals surface area contributed by atoms with Gasteiger partial charge in [0, 0.05) is 24.6 Å². The molecule has 0 radical (unpaired) electrons. The maximum atomic E-state index is 12.9. The first kappa shape index (κ1) is 17.5. The Morgan fingerprint density at radius 1 is 1.16 bits per heavy atom. The first-order chi connectivity index (χ1) is 12.2. The van der Waals surface area contributed by atoms with E-state index in [0.717, 1.165) is 12.2 Å². The van der Waals surface area contributed by atoms with Crippen LogP contribution in [0.4, 0.5) is 0 Å². The van der Waals surface area contributed by atoms with Crippen molar-refractivity contribution in [2.24, 2.45) is 11.7 Å². The first-order valence-corrected chi connectivity index (χ1v) is 9.00. The van der Waals surface area contributed by atoms with Gasteiger partial charge in [0.1, 0.15) is 5.75 Å². The lowest BCUT2D eigenvalue weighted by atomic mass is 9.89. The molecule has 25 heavy (non-hydrogen) atoms. The second kappa shape index (κ2) is 8.17. The highest BCUT2D eigenvalue weighted by molar-refractivity contribution is 5.94. The van der Waals surface area contributed by atoms with Crippen molar-refractivity contribution in [2.45, 2.75) is 19.3 Å². The summed E-state index contributed by atoms with van der Waals surface area (Å²) in [5.41, 5.74) is 7.92. The van der Waals surface area contributed by atoms with Crippen LogP contribution in [-0.2, 0) is 0 Å². The van der Waals surface area contributed by atoms with Crippen LogP contribution in [0.3, 0.4) is 0 Å². The Balaban J connectivity index is 1.75. The largest absolute Gasteiger partial charge is 0.494 e. The molecule has 0 saturated carbocycles. The number of carbonyl (C=O) groups excluding carboxylic acids is 1. The minimum absolute atomic E-state index is 0.0545. The van der Waals surface area contributed by atoms with Crippen molar-refractivity contribution in [1.29, 1.82) is 0 Å². The summed E-state index contributed by atoms with van der Waals surface area (Å²) in [6, 6.07) is 17.8. The molecule has 1 fully saturated rings. The molecule has 0 bridgehead atoms. The van der Waals surface area contributed by atoms with Crippen LogP contribution in [0.1, 0.15) is 35.2 Å². The van der Waals surface area contributed by atoms with Gasteiger partial charge in [-0.1, -0.05) is 43.3 Å². The highest BCUT2D eigenvalue weighted by Crippen LogP contribution is 2.33. The third kappa shape index (κ3) is 4.02. The number of amides is 1. The third-order valence-corrected chi connectivity index (χ3v) is 4.81. The Morgan fingerprint density at radius 2 is 1.96 bits per heavy atom. The SMILES string of the molecule is CCCOc1cccc(C(=O)N2C[C@@H](CN)[C@H](c3ccccc3)C2)c1. The quantitative estimate of drug-likeness (QED) is 0.879. The average Bonchev–Trinajstić information content (AvgIpc) is 3.11. The summed E-state index contributed by atoms with van der Waals surface area (Å²) in [6.07, 6.45) is 0.946. The van der Waals surface area contributed by atoms with Crippen LogP contribution in [-0.4, -0.2) is 37.0 Å². The number of ether oxygens (including phenoxy) is 1.